The summed E-state index contributed by atoms with van der Waals surface area (Å²) < 4.78 is 4.66. The Balaban J connectivity index is 2.63. The molecule has 0 aliphatic carbocycles. The molecule has 0 radical (unpaired) electrons. The number of hydrogen-bond acceptors (Lipinski definition) is 6. The summed E-state index contributed by atoms with van der Waals surface area (Å²) in [6.07, 6.45) is -4.85. The Morgan fingerprint density at radius 2 is 1.75 bits per heavy atom. The molecule has 0 saturated carbocycles. The predicted octanol–water partition coefficient (Wildman–Crippen LogP) is -3.26. The molecule has 0 aromatic carbocycles. The van der Waals surface area contributed by atoms with Crippen molar-refractivity contribution in [3.05, 3.63) is 0 Å². The van der Waals surface area contributed by atoms with Crippen molar-refractivity contribution in [1.29, 1.82) is 0 Å². The van der Waals surface area contributed by atoms with Crippen LogP contribution >= 0.6 is 0 Å². The van der Waals surface area contributed by atoms with Gasteiger partial charge in [-0.3, -0.25) is 0 Å². The second kappa shape index (κ2) is 3.65. The molecule has 1 aliphatic rings. The monoisotopic (exact) mass is 179 g/mol. The first-order valence-electron chi connectivity index (χ1n) is 3.64. The Bertz CT molecular complexity index is 150. The van der Waals surface area contributed by atoms with Crippen molar-refractivity contribution in [2.75, 3.05) is 6.61 Å². The first-order chi connectivity index (χ1) is 5.57. The van der Waals surface area contributed by atoms with Gasteiger partial charge in [0.05, 0.1) is 12.6 Å². The maximum atomic E-state index is 9.24. The van der Waals surface area contributed by atoms with Crippen molar-refractivity contribution in [3.8, 4) is 0 Å². The highest BCUT2D eigenvalue weighted by Gasteiger charge is 2.41. The van der Waals surface area contributed by atoms with Gasteiger partial charge in [0.25, 0.3) is 0 Å². The fraction of sp³-hybridized carbons (Fsp3) is 1.00. The van der Waals surface area contributed by atoms with Gasteiger partial charge in [-0.25, -0.2) is 0 Å². The summed E-state index contributed by atoms with van der Waals surface area (Å²) in [4.78, 5) is 0. The molecule has 1 saturated heterocycles. The molecule has 72 valence electrons. The fourth-order valence-corrected chi connectivity index (χ4v) is 1.13. The van der Waals surface area contributed by atoms with Gasteiger partial charge in [-0.15, -0.1) is 0 Å². The molecule has 5 atom stereocenters. The zero-order chi connectivity index (χ0) is 9.30. The molecular weight excluding hydrogens is 166 g/mol. The van der Waals surface area contributed by atoms with Crippen molar-refractivity contribution in [3.63, 3.8) is 0 Å². The van der Waals surface area contributed by atoms with Crippen LogP contribution in [0, 0.1) is 0 Å². The number of ether oxygens (including phenoxy) is 1. The first-order valence-corrected chi connectivity index (χ1v) is 3.64. The Hall–Kier alpha value is -0.240. The number of rotatable bonds is 1. The number of nitrogens with two attached hydrogens (primary N) is 1. The number of aliphatic hydroxyl groups is 4. The lowest BCUT2D eigenvalue weighted by Gasteiger charge is -2.38. The Kier molecular flexibility index (Phi) is 2.99. The van der Waals surface area contributed by atoms with Gasteiger partial charge in [0.15, 0.2) is 6.29 Å². The highest BCUT2D eigenvalue weighted by Crippen LogP contribution is 2.17. The van der Waals surface area contributed by atoms with Gasteiger partial charge in [0, 0.05) is 0 Å². The molecule has 1 heterocycles. The third-order valence-corrected chi connectivity index (χ3v) is 1.96. The lowest BCUT2D eigenvalue weighted by atomic mass is 9.97. The Labute approximate surface area is 69.2 Å². The molecule has 1 fully saturated rings. The van der Waals surface area contributed by atoms with Gasteiger partial charge in [-0.05, 0) is 0 Å². The number of hydrogen-bond donors (Lipinski definition) is 5. The van der Waals surface area contributed by atoms with Crippen LogP contribution in [-0.4, -0.2) is 57.7 Å². The van der Waals surface area contributed by atoms with Gasteiger partial charge in [-0.2, -0.15) is 0 Å². The van der Waals surface area contributed by atoms with Gasteiger partial charge in [0.1, 0.15) is 18.3 Å². The van der Waals surface area contributed by atoms with Crippen molar-refractivity contribution >= 4 is 0 Å². The van der Waals surface area contributed by atoms with E-state index in [1.165, 1.54) is 0 Å². The van der Waals surface area contributed by atoms with E-state index in [0.29, 0.717) is 0 Å². The summed E-state index contributed by atoms with van der Waals surface area (Å²) in [5.41, 5.74) is 5.33. The highest BCUT2D eigenvalue weighted by molar-refractivity contribution is 4.90. The van der Waals surface area contributed by atoms with E-state index in [4.69, 9.17) is 21.1 Å². The minimum atomic E-state index is -1.44. The average molecular weight is 179 g/mol. The van der Waals surface area contributed by atoms with E-state index in [1.807, 2.05) is 0 Å². The van der Waals surface area contributed by atoms with Crippen molar-refractivity contribution in [1.82, 2.24) is 0 Å². The van der Waals surface area contributed by atoms with Crippen LogP contribution in [0.2, 0.25) is 0 Å². The normalized spacial score (nSPS) is 49.2. The molecule has 0 unspecified atom stereocenters. The second-order valence-corrected chi connectivity index (χ2v) is 2.81. The summed E-state index contributed by atoms with van der Waals surface area (Å²) in [6, 6.07) is -0.995. The highest BCUT2D eigenvalue weighted by atomic mass is 16.6. The zero-order valence-electron chi connectivity index (χ0n) is 6.37. The quantitative estimate of drug-likeness (QED) is 0.288. The summed E-state index contributed by atoms with van der Waals surface area (Å²) >= 11 is 0. The first kappa shape index (κ1) is 9.85. The van der Waals surface area contributed by atoms with E-state index in [0.717, 1.165) is 0 Å². The molecule has 6 heteroatoms. The molecule has 1 rings (SSSR count). The van der Waals surface area contributed by atoms with Gasteiger partial charge < -0.3 is 30.9 Å². The van der Waals surface area contributed by atoms with Crippen LogP contribution < -0.4 is 5.73 Å². The molecule has 0 aromatic rings. The minimum absolute atomic E-state index is 0.446. The molecule has 0 spiro atoms. The molecule has 1 aliphatic heterocycles. The summed E-state index contributed by atoms with van der Waals surface area (Å²) in [6.45, 7) is -0.446. The summed E-state index contributed by atoms with van der Waals surface area (Å²) in [5.74, 6) is 0. The molecular formula is C6H13NO5. The van der Waals surface area contributed by atoms with Crippen molar-refractivity contribution < 1.29 is 25.2 Å². The average Bonchev–Trinajstić information content (AvgIpc) is 2.08. The Morgan fingerprint density at radius 1 is 1.17 bits per heavy atom. The molecule has 0 bridgehead atoms. The van der Waals surface area contributed by atoms with Crippen LogP contribution in [0.1, 0.15) is 0 Å². The fourth-order valence-electron chi connectivity index (χ4n) is 1.13. The third-order valence-electron chi connectivity index (χ3n) is 1.96. The Morgan fingerprint density at radius 3 is 2.25 bits per heavy atom. The largest absolute Gasteiger partial charge is 0.394 e. The lowest BCUT2D eigenvalue weighted by molar-refractivity contribution is -0.258. The minimum Gasteiger partial charge on any atom is -0.394 e. The maximum Gasteiger partial charge on any atom is 0.183 e. The third kappa shape index (κ3) is 1.58. The van der Waals surface area contributed by atoms with Gasteiger partial charge >= 0.3 is 0 Å². The van der Waals surface area contributed by atoms with Crippen molar-refractivity contribution in [2.24, 2.45) is 5.73 Å². The standard InChI is InChI=1S/C6H13NO5/c7-3-4(9)2(1-8)12-6(11)5(3)10/h2-6,8-11H,1,7H2/t2-,3-,4-,5-,6-/m1/s1. The smallest absolute Gasteiger partial charge is 0.183 e. The summed E-state index contributed by atoms with van der Waals surface area (Å²) in [5, 5.41) is 36.0. The van der Waals surface area contributed by atoms with E-state index < -0.39 is 37.3 Å². The second-order valence-electron chi connectivity index (χ2n) is 2.81. The lowest BCUT2D eigenvalue weighted by Crippen LogP contribution is -2.62. The number of aliphatic hydroxyl groups excluding tert-OH is 4. The van der Waals surface area contributed by atoms with Crippen LogP contribution in [0.5, 0.6) is 0 Å². The molecule has 6 nitrogen and oxygen atoms in total. The summed E-state index contributed by atoms with van der Waals surface area (Å²) in [7, 11) is 0. The van der Waals surface area contributed by atoms with E-state index in [9.17, 15) is 5.11 Å². The van der Waals surface area contributed by atoms with E-state index in [1.54, 1.807) is 0 Å². The van der Waals surface area contributed by atoms with Crippen LogP contribution in [0.25, 0.3) is 0 Å². The van der Waals surface area contributed by atoms with Gasteiger partial charge in [0.2, 0.25) is 0 Å². The van der Waals surface area contributed by atoms with Crippen LogP contribution in [-0.2, 0) is 4.74 Å². The van der Waals surface area contributed by atoms with Crippen LogP contribution in [0.15, 0.2) is 0 Å². The molecule has 6 N–H and O–H groups in total. The van der Waals surface area contributed by atoms with E-state index >= 15 is 0 Å². The topological polar surface area (TPSA) is 116 Å². The van der Waals surface area contributed by atoms with Crippen LogP contribution in [0.4, 0.5) is 0 Å². The SMILES string of the molecule is N[C@H]1[C@@H](O)[C@H](O)O[C@H](CO)[C@H]1O. The molecule has 0 amide bonds. The van der Waals surface area contributed by atoms with Gasteiger partial charge in [-0.1, -0.05) is 0 Å². The predicted molar refractivity (Wildman–Crippen MR) is 38.0 cm³/mol. The van der Waals surface area contributed by atoms with E-state index in [2.05, 4.69) is 4.74 Å². The molecule has 12 heavy (non-hydrogen) atoms. The van der Waals surface area contributed by atoms with E-state index in [-0.39, 0.29) is 0 Å². The maximum absolute atomic E-state index is 9.24. The zero-order valence-corrected chi connectivity index (χ0v) is 6.37. The van der Waals surface area contributed by atoms with Crippen molar-refractivity contribution in [2.45, 2.75) is 30.6 Å². The molecule has 0 aromatic heterocycles. The van der Waals surface area contributed by atoms with Crippen LogP contribution in [0.3, 0.4) is 0 Å².